The van der Waals surface area contributed by atoms with Gasteiger partial charge >= 0.3 is 5.97 Å². The summed E-state index contributed by atoms with van der Waals surface area (Å²) >= 11 is 0. The van der Waals surface area contributed by atoms with Gasteiger partial charge < -0.3 is 4.74 Å². The van der Waals surface area contributed by atoms with Gasteiger partial charge in [0.05, 0.1) is 13.5 Å². The first kappa shape index (κ1) is 11.1. The quantitative estimate of drug-likeness (QED) is 0.772. The van der Waals surface area contributed by atoms with Crippen LogP contribution in [-0.2, 0) is 16.0 Å². The van der Waals surface area contributed by atoms with Gasteiger partial charge in [0.25, 0.3) is 5.56 Å². The summed E-state index contributed by atoms with van der Waals surface area (Å²) in [6.45, 7) is 0. The van der Waals surface area contributed by atoms with Crippen molar-refractivity contribution in [3.8, 4) is 5.82 Å². The third-order valence-corrected chi connectivity index (χ3v) is 2.21. The third kappa shape index (κ3) is 2.41. The van der Waals surface area contributed by atoms with E-state index in [1.165, 1.54) is 17.9 Å². The molecule has 0 aliphatic heterocycles. The molecule has 0 saturated heterocycles. The van der Waals surface area contributed by atoms with Crippen molar-refractivity contribution in [2.75, 3.05) is 7.11 Å². The highest BCUT2D eigenvalue weighted by atomic mass is 16.5. The van der Waals surface area contributed by atoms with Gasteiger partial charge in [-0.25, -0.2) is 9.67 Å². The molecule has 0 aromatic carbocycles. The molecule has 0 saturated carbocycles. The second-order valence-electron chi connectivity index (χ2n) is 3.40. The van der Waals surface area contributed by atoms with Crippen LogP contribution < -0.4 is 5.56 Å². The maximum absolute atomic E-state index is 11.6. The summed E-state index contributed by atoms with van der Waals surface area (Å²) < 4.78 is 5.80. The van der Waals surface area contributed by atoms with Crippen molar-refractivity contribution in [1.82, 2.24) is 14.8 Å². The predicted molar refractivity (Wildman–Crippen MR) is 59.9 cm³/mol. The summed E-state index contributed by atoms with van der Waals surface area (Å²) in [7, 11) is 1.30. The summed E-state index contributed by atoms with van der Waals surface area (Å²) in [4.78, 5) is 26.8. The van der Waals surface area contributed by atoms with E-state index in [2.05, 4.69) is 14.8 Å². The summed E-state index contributed by atoms with van der Waals surface area (Å²) in [5.74, 6) is 0.0769. The number of rotatable bonds is 3. The van der Waals surface area contributed by atoms with Crippen LogP contribution in [0.4, 0.5) is 0 Å². The molecule has 2 aromatic heterocycles. The predicted octanol–water partition coefficient (Wildman–Crippen LogP) is 0.276. The zero-order valence-corrected chi connectivity index (χ0v) is 9.21. The number of methoxy groups -OCH3 is 1. The lowest BCUT2D eigenvalue weighted by Crippen LogP contribution is -2.14. The van der Waals surface area contributed by atoms with Crippen LogP contribution in [0.25, 0.3) is 5.82 Å². The summed E-state index contributed by atoms with van der Waals surface area (Å²) in [6.07, 6.45) is 1.62. The summed E-state index contributed by atoms with van der Waals surface area (Å²) in [5, 5.41) is 2.80. The highest BCUT2D eigenvalue weighted by Gasteiger charge is 2.09. The molecule has 0 aliphatic rings. The van der Waals surface area contributed by atoms with Crippen LogP contribution in [0.1, 0.15) is 5.69 Å². The number of H-pyrrole nitrogens is 1. The second kappa shape index (κ2) is 4.65. The van der Waals surface area contributed by atoms with Gasteiger partial charge in [-0.2, -0.15) is 0 Å². The minimum atomic E-state index is -0.403. The van der Waals surface area contributed by atoms with E-state index in [0.29, 0.717) is 11.5 Å². The van der Waals surface area contributed by atoms with Crippen molar-refractivity contribution in [2.45, 2.75) is 6.42 Å². The highest BCUT2D eigenvalue weighted by Crippen LogP contribution is 2.00. The molecular weight excluding hydrogens is 222 g/mol. The molecule has 0 aliphatic carbocycles. The lowest BCUT2D eigenvalue weighted by atomic mass is 10.3. The minimum absolute atomic E-state index is 0.0333. The van der Waals surface area contributed by atoms with Crippen molar-refractivity contribution in [1.29, 1.82) is 0 Å². The van der Waals surface area contributed by atoms with E-state index < -0.39 is 5.97 Å². The van der Waals surface area contributed by atoms with E-state index in [1.807, 2.05) is 0 Å². The Balaban J connectivity index is 2.32. The van der Waals surface area contributed by atoms with E-state index in [-0.39, 0.29) is 12.0 Å². The van der Waals surface area contributed by atoms with Crippen molar-refractivity contribution >= 4 is 5.97 Å². The molecule has 6 nitrogen and oxygen atoms in total. The average Bonchev–Trinajstić information content (AvgIpc) is 2.71. The van der Waals surface area contributed by atoms with Crippen LogP contribution in [0, 0.1) is 0 Å². The van der Waals surface area contributed by atoms with E-state index in [4.69, 9.17) is 0 Å². The van der Waals surface area contributed by atoms with Crippen molar-refractivity contribution < 1.29 is 9.53 Å². The Morgan fingerprint density at radius 1 is 1.53 bits per heavy atom. The van der Waals surface area contributed by atoms with E-state index in [9.17, 15) is 9.59 Å². The Hall–Kier alpha value is -2.37. The van der Waals surface area contributed by atoms with Gasteiger partial charge in [-0.3, -0.25) is 14.7 Å². The number of hydrogen-bond donors (Lipinski definition) is 1. The van der Waals surface area contributed by atoms with Crippen molar-refractivity contribution in [2.24, 2.45) is 0 Å². The van der Waals surface area contributed by atoms with Crippen LogP contribution in [0.5, 0.6) is 0 Å². The van der Waals surface area contributed by atoms with Crippen LogP contribution in [0.15, 0.2) is 35.3 Å². The smallest absolute Gasteiger partial charge is 0.311 e. The van der Waals surface area contributed by atoms with Gasteiger partial charge in [0.1, 0.15) is 0 Å². The Morgan fingerprint density at radius 3 is 3.00 bits per heavy atom. The number of aromatic amines is 1. The first-order chi connectivity index (χ1) is 8.20. The van der Waals surface area contributed by atoms with Crippen molar-refractivity contribution in [3.63, 3.8) is 0 Å². The highest BCUT2D eigenvalue weighted by molar-refractivity contribution is 5.71. The number of esters is 1. The van der Waals surface area contributed by atoms with Gasteiger partial charge in [0, 0.05) is 18.0 Å². The van der Waals surface area contributed by atoms with Gasteiger partial charge in [0.15, 0.2) is 5.82 Å². The number of hydrogen-bond acceptors (Lipinski definition) is 4. The number of nitrogens with one attached hydrogen (secondary N) is 1. The van der Waals surface area contributed by atoms with Gasteiger partial charge in [-0.1, -0.05) is 6.07 Å². The number of aromatic nitrogens is 3. The third-order valence-electron chi connectivity index (χ3n) is 2.21. The zero-order chi connectivity index (χ0) is 12.3. The molecule has 2 heterocycles. The Bertz CT molecular complexity index is 571. The monoisotopic (exact) mass is 233 g/mol. The summed E-state index contributed by atoms with van der Waals surface area (Å²) in [6, 6.07) is 6.58. The second-order valence-corrected chi connectivity index (χ2v) is 3.40. The first-order valence-electron chi connectivity index (χ1n) is 5.00. The van der Waals surface area contributed by atoms with Gasteiger partial charge in [0.2, 0.25) is 0 Å². The molecule has 0 atom stereocenters. The molecule has 0 unspecified atom stereocenters. The van der Waals surface area contributed by atoms with Crippen LogP contribution >= 0.6 is 0 Å². The molecule has 0 bridgehead atoms. The fourth-order valence-corrected chi connectivity index (χ4v) is 1.42. The van der Waals surface area contributed by atoms with E-state index in [1.54, 1.807) is 24.4 Å². The molecule has 1 N–H and O–H groups in total. The van der Waals surface area contributed by atoms with Crippen LogP contribution in [0.3, 0.4) is 0 Å². The Labute approximate surface area is 96.8 Å². The fourth-order valence-electron chi connectivity index (χ4n) is 1.42. The molecule has 88 valence electrons. The average molecular weight is 233 g/mol. The number of carbonyl (C=O) groups excluding carboxylic acids is 1. The lowest BCUT2D eigenvalue weighted by molar-refractivity contribution is -0.139. The molecule has 17 heavy (non-hydrogen) atoms. The topological polar surface area (TPSA) is 77.0 Å². The number of nitrogens with zero attached hydrogens (tertiary/aromatic N) is 2. The minimum Gasteiger partial charge on any atom is -0.469 e. The Kier molecular flexibility index (Phi) is 3.04. The van der Waals surface area contributed by atoms with E-state index >= 15 is 0 Å². The molecular formula is C11H11N3O3. The molecule has 2 rings (SSSR count). The first-order valence-corrected chi connectivity index (χ1v) is 5.00. The number of carbonyl (C=O) groups is 1. The zero-order valence-electron chi connectivity index (χ0n) is 9.21. The SMILES string of the molecule is COC(=O)Cc1cc(=O)n(-c2ccccn2)[nH]1. The standard InChI is InChI=1S/C11H11N3O3/c1-17-11(16)7-8-6-10(15)14(13-8)9-4-2-3-5-12-9/h2-6,13H,7H2,1H3. The molecule has 0 amide bonds. The maximum atomic E-state index is 11.6. The molecule has 0 radical (unpaired) electrons. The number of ether oxygens (including phenoxy) is 1. The largest absolute Gasteiger partial charge is 0.469 e. The molecule has 6 heteroatoms. The summed E-state index contributed by atoms with van der Waals surface area (Å²) in [5.41, 5.74) is 0.232. The van der Waals surface area contributed by atoms with Gasteiger partial charge in [-0.05, 0) is 12.1 Å². The molecule has 0 spiro atoms. The van der Waals surface area contributed by atoms with Crippen molar-refractivity contribution in [3.05, 3.63) is 46.5 Å². The fraction of sp³-hybridized carbons (Fsp3) is 0.182. The van der Waals surface area contributed by atoms with Crippen LogP contribution in [-0.4, -0.2) is 27.8 Å². The number of pyridine rings is 1. The van der Waals surface area contributed by atoms with Gasteiger partial charge in [-0.15, -0.1) is 0 Å². The van der Waals surface area contributed by atoms with E-state index in [0.717, 1.165) is 0 Å². The maximum Gasteiger partial charge on any atom is 0.311 e. The normalized spacial score (nSPS) is 10.2. The Morgan fingerprint density at radius 2 is 2.35 bits per heavy atom. The molecule has 2 aromatic rings. The molecule has 0 fully saturated rings. The lowest BCUT2D eigenvalue weighted by Gasteiger charge is -1.99. The van der Waals surface area contributed by atoms with Crippen LogP contribution in [0.2, 0.25) is 0 Å².